The highest BCUT2D eigenvalue weighted by atomic mass is 16.2. The quantitative estimate of drug-likeness (QED) is 0.624. The number of guanidine groups is 1. The van der Waals surface area contributed by atoms with Crippen LogP contribution in [-0.2, 0) is 12.8 Å². The van der Waals surface area contributed by atoms with Gasteiger partial charge in [0.2, 0.25) is 0 Å². The Labute approximate surface area is 140 Å². The van der Waals surface area contributed by atoms with Crippen LogP contribution in [0.5, 0.6) is 0 Å². The summed E-state index contributed by atoms with van der Waals surface area (Å²) in [6.07, 6.45) is 1.80. The van der Waals surface area contributed by atoms with Gasteiger partial charge in [0.15, 0.2) is 5.96 Å². The van der Waals surface area contributed by atoms with E-state index in [4.69, 9.17) is 0 Å². The Morgan fingerprint density at radius 2 is 1.70 bits per heavy atom. The van der Waals surface area contributed by atoms with Crippen molar-refractivity contribution in [3.8, 4) is 0 Å². The van der Waals surface area contributed by atoms with Gasteiger partial charge in [-0.2, -0.15) is 0 Å². The maximum Gasteiger partial charge on any atom is 0.328 e. The van der Waals surface area contributed by atoms with Crippen LogP contribution in [0.15, 0.2) is 23.2 Å². The lowest BCUT2D eigenvalue weighted by Gasteiger charge is -2.27. The third-order valence-corrected chi connectivity index (χ3v) is 3.68. The summed E-state index contributed by atoms with van der Waals surface area (Å²) < 4.78 is 0. The van der Waals surface area contributed by atoms with Gasteiger partial charge in [-0.3, -0.25) is 15.2 Å². The number of carbonyl (C=O) groups is 1. The van der Waals surface area contributed by atoms with Crippen molar-refractivity contribution in [2.45, 2.75) is 47.5 Å². The molecule has 0 heterocycles. The summed E-state index contributed by atoms with van der Waals surface area (Å²) in [5.41, 5.74) is 3.42. The summed E-state index contributed by atoms with van der Waals surface area (Å²) in [5.74, 6) is 0.533. The fraction of sp³-hybridized carbons (Fsp3) is 0.556. The Bertz CT molecular complexity index is 518. The van der Waals surface area contributed by atoms with Crippen molar-refractivity contribution in [1.29, 1.82) is 0 Å². The number of amides is 2. The van der Waals surface area contributed by atoms with Crippen molar-refractivity contribution in [1.82, 2.24) is 10.6 Å². The molecule has 0 aliphatic rings. The van der Waals surface area contributed by atoms with E-state index < -0.39 is 0 Å². The van der Waals surface area contributed by atoms with E-state index in [1.807, 2.05) is 20.8 Å². The highest BCUT2D eigenvalue weighted by molar-refractivity contribution is 6.04. The number of aryl methyl sites for hydroxylation is 2. The van der Waals surface area contributed by atoms with Gasteiger partial charge in [-0.05, 0) is 44.7 Å². The highest BCUT2D eigenvalue weighted by Crippen LogP contribution is 2.27. The predicted molar refractivity (Wildman–Crippen MR) is 98.4 cm³/mol. The zero-order chi connectivity index (χ0) is 17.2. The number of urea groups is 1. The molecule has 1 rings (SSSR count). The molecule has 2 N–H and O–H groups in total. The minimum Gasteiger partial charge on any atom is -0.356 e. The highest BCUT2D eigenvalue weighted by Gasteiger charge is 2.20. The monoisotopic (exact) mass is 318 g/mol. The zero-order valence-corrected chi connectivity index (χ0v) is 15.1. The largest absolute Gasteiger partial charge is 0.356 e. The second-order valence-corrected chi connectivity index (χ2v) is 5.16. The van der Waals surface area contributed by atoms with Crippen LogP contribution in [0.4, 0.5) is 10.5 Å². The molecule has 0 atom stereocenters. The molecule has 0 unspecified atom stereocenters. The van der Waals surface area contributed by atoms with E-state index in [0.717, 1.165) is 25.1 Å². The minimum atomic E-state index is -0.142. The van der Waals surface area contributed by atoms with Crippen LogP contribution >= 0.6 is 0 Å². The first-order valence-electron chi connectivity index (χ1n) is 8.60. The Hall–Kier alpha value is -2.04. The molecular weight excluding hydrogens is 288 g/mol. The number of rotatable bonds is 6. The number of nitrogens with one attached hydrogen (secondary N) is 2. The van der Waals surface area contributed by atoms with Crippen LogP contribution in [0.25, 0.3) is 0 Å². The van der Waals surface area contributed by atoms with Crippen LogP contribution in [-0.4, -0.2) is 31.6 Å². The maximum absolute atomic E-state index is 12.8. The Kier molecular flexibility index (Phi) is 8.16. The van der Waals surface area contributed by atoms with Crippen molar-refractivity contribution >= 4 is 17.7 Å². The number of anilines is 1. The Morgan fingerprint density at radius 1 is 1.09 bits per heavy atom. The van der Waals surface area contributed by atoms with E-state index in [-0.39, 0.29) is 6.03 Å². The second kappa shape index (κ2) is 9.87. The summed E-state index contributed by atoms with van der Waals surface area (Å²) in [4.78, 5) is 18.9. The lowest BCUT2D eigenvalue weighted by molar-refractivity contribution is 0.250. The number of hydrogen-bond donors (Lipinski definition) is 2. The van der Waals surface area contributed by atoms with Crippen LogP contribution < -0.4 is 15.5 Å². The van der Waals surface area contributed by atoms with Gasteiger partial charge in [0, 0.05) is 19.6 Å². The first-order chi connectivity index (χ1) is 11.1. The van der Waals surface area contributed by atoms with Gasteiger partial charge >= 0.3 is 6.03 Å². The molecule has 1 aromatic carbocycles. The number of para-hydroxylation sites is 1. The van der Waals surface area contributed by atoms with Gasteiger partial charge in [-0.25, -0.2) is 4.79 Å². The molecule has 0 spiro atoms. The van der Waals surface area contributed by atoms with E-state index in [0.29, 0.717) is 19.0 Å². The smallest absolute Gasteiger partial charge is 0.328 e. The molecule has 0 fully saturated rings. The second-order valence-electron chi connectivity index (χ2n) is 5.16. The summed E-state index contributed by atoms with van der Waals surface area (Å²) in [6, 6.07) is 6.11. The number of aliphatic imine (C=N–C) groups is 1. The molecule has 0 aliphatic carbocycles. The van der Waals surface area contributed by atoms with Crippen molar-refractivity contribution in [3.63, 3.8) is 0 Å². The lowest BCUT2D eigenvalue weighted by atomic mass is 10.0. The van der Waals surface area contributed by atoms with Gasteiger partial charge < -0.3 is 5.32 Å². The van der Waals surface area contributed by atoms with Crippen LogP contribution in [0.3, 0.4) is 0 Å². The number of benzene rings is 1. The summed E-state index contributed by atoms with van der Waals surface area (Å²) >= 11 is 0. The molecule has 5 heteroatoms. The SMILES string of the molecule is CCN=C(NCC)NC(=O)N(CC)c1c(CC)cccc1CC. The average Bonchev–Trinajstić information content (AvgIpc) is 2.56. The van der Waals surface area contributed by atoms with Crippen LogP contribution in [0.2, 0.25) is 0 Å². The fourth-order valence-corrected chi connectivity index (χ4v) is 2.60. The van der Waals surface area contributed by atoms with E-state index in [9.17, 15) is 4.79 Å². The molecule has 0 radical (unpaired) electrons. The van der Waals surface area contributed by atoms with Crippen molar-refractivity contribution in [3.05, 3.63) is 29.3 Å². The molecule has 2 amide bonds. The van der Waals surface area contributed by atoms with E-state index in [1.54, 1.807) is 4.90 Å². The molecule has 0 saturated carbocycles. The molecule has 0 aromatic heterocycles. The van der Waals surface area contributed by atoms with Crippen LogP contribution in [0, 0.1) is 0 Å². The summed E-state index contributed by atoms with van der Waals surface area (Å²) in [5, 5.41) is 5.99. The standard InChI is InChI=1S/C18H30N4O/c1-6-14-12-11-13-15(7-2)16(14)22(10-5)18(23)21-17(19-8-3)20-9-4/h11-13H,6-10H2,1-5H3,(H2,19,20,21,23). The molecule has 128 valence electrons. The Balaban J connectivity index is 3.13. The van der Waals surface area contributed by atoms with Gasteiger partial charge in [0.1, 0.15) is 0 Å². The van der Waals surface area contributed by atoms with Gasteiger partial charge in [0.05, 0.1) is 5.69 Å². The summed E-state index contributed by atoms with van der Waals surface area (Å²) in [6.45, 7) is 12.1. The Morgan fingerprint density at radius 3 is 2.13 bits per heavy atom. The first-order valence-corrected chi connectivity index (χ1v) is 8.60. The molecule has 5 nitrogen and oxygen atoms in total. The number of nitrogens with zero attached hydrogens (tertiary/aromatic N) is 2. The van der Waals surface area contributed by atoms with Crippen molar-refractivity contribution < 1.29 is 4.79 Å². The predicted octanol–water partition coefficient (Wildman–Crippen LogP) is 3.33. The van der Waals surface area contributed by atoms with Crippen LogP contribution in [0.1, 0.15) is 45.7 Å². The molecule has 0 aliphatic heterocycles. The lowest BCUT2D eigenvalue weighted by Crippen LogP contribution is -2.48. The van der Waals surface area contributed by atoms with Crippen molar-refractivity contribution in [2.24, 2.45) is 4.99 Å². The topological polar surface area (TPSA) is 56.7 Å². The number of carbonyl (C=O) groups excluding carboxylic acids is 1. The molecule has 1 aromatic rings. The van der Waals surface area contributed by atoms with Gasteiger partial charge in [0.25, 0.3) is 0 Å². The van der Waals surface area contributed by atoms with Gasteiger partial charge in [-0.15, -0.1) is 0 Å². The third kappa shape index (κ3) is 4.98. The first kappa shape index (κ1) is 19.0. The number of hydrogen-bond acceptors (Lipinski definition) is 2. The van der Waals surface area contributed by atoms with Crippen molar-refractivity contribution in [2.75, 3.05) is 24.5 Å². The molecule has 23 heavy (non-hydrogen) atoms. The maximum atomic E-state index is 12.8. The van der Waals surface area contributed by atoms with Gasteiger partial charge in [-0.1, -0.05) is 32.0 Å². The minimum absolute atomic E-state index is 0.142. The average molecular weight is 318 g/mol. The third-order valence-electron chi connectivity index (χ3n) is 3.68. The normalized spacial score (nSPS) is 11.3. The van der Waals surface area contributed by atoms with E-state index in [2.05, 4.69) is 47.7 Å². The molecular formula is C18H30N4O. The molecule has 0 saturated heterocycles. The fourth-order valence-electron chi connectivity index (χ4n) is 2.60. The summed E-state index contributed by atoms with van der Waals surface area (Å²) in [7, 11) is 0. The zero-order valence-electron chi connectivity index (χ0n) is 15.1. The van der Waals surface area contributed by atoms with E-state index >= 15 is 0 Å². The molecule has 0 bridgehead atoms. The van der Waals surface area contributed by atoms with E-state index in [1.165, 1.54) is 11.1 Å².